The molecule has 0 spiro atoms. The van der Waals surface area contributed by atoms with Gasteiger partial charge >= 0.3 is 0 Å². The van der Waals surface area contributed by atoms with Gasteiger partial charge in [-0.2, -0.15) is 0 Å². The van der Waals surface area contributed by atoms with Gasteiger partial charge in [0, 0.05) is 28.0 Å². The zero-order valence-electron chi connectivity index (χ0n) is 12.6. The molecule has 1 aliphatic rings. The first-order valence-electron chi connectivity index (χ1n) is 7.65. The Kier molecular flexibility index (Phi) is 4.99. The van der Waals surface area contributed by atoms with E-state index in [2.05, 4.69) is 53.8 Å². The number of hydrogen-bond donors (Lipinski definition) is 1. The van der Waals surface area contributed by atoms with Crippen LogP contribution in [-0.2, 0) is 12.8 Å². The largest absolute Gasteiger partial charge is 0.312 e. The molecule has 1 aliphatic heterocycles. The second-order valence-electron chi connectivity index (χ2n) is 5.59. The van der Waals surface area contributed by atoms with Gasteiger partial charge in [0.1, 0.15) is 0 Å². The average molecular weight is 319 g/mol. The molecule has 2 atom stereocenters. The third-order valence-corrected chi connectivity index (χ3v) is 6.15. The van der Waals surface area contributed by atoms with Crippen molar-refractivity contribution < 1.29 is 0 Å². The first kappa shape index (κ1) is 15.1. The van der Waals surface area contributed by atoms with E-state index in [1.54, 1.807) is 11.3 Å². The third-order valence-electron chi connectivity index (χ3n) is 3.87. The molecular weight excluding hydrogens is 296 g/mol. The Morgan fingerprint density at radius 3 is 2.95 bits per heavy atom. The van der Waals surface area contributed by atoms with Crippen LogP contribution < -0.4 is 5.32 Å². The fraction of sp³-hybridized carbons (Fsp3) is 0.471. The van der Waals surface area contributed by atoms with E-state index in [9.17, 15) is 0 Å². The number of hydrogen-bond acceptors (Lipinski definition) is 4. The molecule has 0 aliphatic carbocycles. The van der Waals surface area contributed by atoms with Crippen molar-refractivity contribution in [2.45, 2.75) is 49.3 Å². The Balaban J connectivity index is 1.71. The maximum atomic E-state index is 4.65. The van der Waals surface area contributed by atoms with Gasteiger partial charge in [0.2, 0.25) is 0 Å². The molecular formula is C17H22N2S2. The van der Waals surface area contributed by atoms with E-state index in [4.69, 9.17) is 0 Å². The first-order valence-corrected chi connectivity index (χ1v) is 9.41. The Morgan fingerprint density at radius 2 is 2.24 bits per heavy atom. The smallest absolute Gasteiger partial charge is 0.0897 e. The van der Waals surface area contributed by atoms with Crippen LogP contribution in [0.1, 0.15) is 29.6 Å². The lowest BCUT2D eigenvalue weighted by molar-refractivity contribution is 0.488. The van der Waals surface area contributed by atoms with Crippen LogP contribution in [0.25, 0.3) is 0 Å². The minimum absolute atomic E-state index is 0.504. The van der Waals surface area contributed by atoms with Gasteiger partial charge in [-0.1, -0.05) is 25.1 Å². The molecule has 2 nitrogen and oxygen atoms in total. The number of thiazole rings is 1. The molecule has 4 heteroatoms. The maximum Gasteiger partial charge on any atom is 0.0897 e. The van der Waals surface area contributed by atoms with Crippen LogP contribution in [0.4, 0.5) is 0 Å². The summed E-state index contributed by atoms with van der Waals surface area (Å²) in [6, 6.07) is 9.33. The number of fused-ring (bicyclic) bond motifs is 1. The van der Waals surface area contributed by atoms with Crippen molar-refractivity contribution in [1.82, 2.24) is 10.3 Å². The lowest BCUT2D eigenvalue weighted by Gasteiger charge is -2.23. The van der Waals surface area contributed by atoms with Crippen molar-refractivity contribution in [3.63, 3.8) is 0 Å². The maximum absolute atomic E-state index is 4.65. The van der Waals surface area contributed by atoms with Gasteiger partial charge in [-0.25, -0.2) is 4.98 Å². The van der Waals surface area contributed by atoms with Crippen LogP contribution in [0.2, 0.25) is 0 Å². The standard InChI is InChI=1S/C17H22N2S2/c1-3-8-18-15(10-14-11-20-12(2)19-14)17-9-13-6-4-5-7-16(13)21-17/h4-7,11,15,17-18H,3,8-10H2,1-2H3. The number of nitrogens with zero attached hydrogens (tertiary/aromatic N) is 1. The van der Waals surface area contributed by atoms with Gasteiger partial charge in [-0.3, -0.25) is 0 Å². The van der Waals surface area contributed by atoms with E-state index < -0.39 is 0 Å². The van der Waals surface area contributed by atoms with E-state index in [1.807, 2.05) is 11.8 Å². The third kappa shape index (κ3) is 3.68. The molecule has 0 saturated carbocycles. The number of rotatable bonds is 6. The molecule has 2 heterocycles. The van der Waals surface area contributed by atoms with Gasteiger partial charge < -0.3 is 5.32 Å². The van der Waals surface area contributed by atoms with Gasteiger partial charge in [0.05, 0.1) is 10.7 Å². The van der Waals surface area contributed by atoms with Crippen molar-refractivity contribution in [1.29, 1.82) is 0 Å². The normalized spacial score (nSPS) is 18.7. The molecule has 1 aromatic heterocycles. The number of thioether (sulfide) groups is 1. The van der Waals surface area contributed by atoms with Crippen molar-refractivity contribution in [2.75, 3.05) is 6.54 Å². The van der Waals surface area contributed by atoms with E-state index >= 15 is 0 Å². The van der Waals surface area contributed by atoms with Crippen LogP contribution >= 0.6 is 23.1 Å². The van der Waals surface area contributed by atoms with Crippen LogP contribution in [-0.4, -0.2) is 22.8 Å². The van der Waals surface area contributed by atoms with E-state index in [0.29, 0.717) is 11.3 Å². The SMILES string of the molecule is CCCNC(Cc1csc(C)n1)C1Cc2ccccc2S1. The molecule has 2 aromatic rings. The topological polar surface area (TPSA) is 24.9 Å². The van der Waals surface area contributed by atoms with Crippen LogP contribution in [0.5, 0.6) is 0 Å². The minimum atomic E-state index is 0.504. The Labute approximate surface area is 135 Å². The van der Waals surface area contributed by atoms with Crippen molar-refractivity contribution >= 4 is 23.1 Å². The van der Waals surface area contributed by atoms with Crippen LogP contribution in [0, 0.1) is 6.92 Å². The highest BCUT2D eigenvalue weighted by atomic mass is 32.2. The molecule has 3 rings (SSSR count). The minimum Gasteiger partial charge on any atom is -0.312 e. The second kappa shape index (κ2) is 6.95. The van der Waals surface area contributed by atoms with E-state index in [-0.39, 0.29) is 0 Å². The Morgan fingerprint density at radius 1 is 1.38 bits per heavy atom. The number of benzene rings is 1. The van der Waals surface area contributed by atoms with E-state index in [0.717, 1.165) is 13.0 Å². The zero-order valence-corrected chi connectivity index (χ0v) is 14.3. The predicted octanol–water partition coefficient (Wildman–Crippen LogP) is 4.08. The van der Waals surface area contributed by atoms with Crippen molar-refractivity contribution in [2.24, 2.45) is 0 Å². The Hall–Kier alpha value is -0.840. The second-order valence-corrected chi connectivity index (χ2v) is 7.93. The van der Waals surface area contributed by atoms with E-state index in [1.165, 1.54) is 34.0 Å². The summed E-state index contributed by atoms with van der Waals surface area (Å²) >= 11 is 3.79. The quantitative estimate of drug-likeness (QED) is 0.869. The highest BCUT2D eigenvalue weighted by Gasteiger charge is 2.29. The molecule has 1 N–H and O–H groups in total. The molecule has 0 saturated heterocycles. The molecule has 0 amide bonds. The average Bonchev–Trinajstić information content (AvgIpc) is 3.09. The first-order chi connectivity index (χ1) is 10.3. The fourth-order valence-corrected chi connectivity index (χ4v) is 4.86. The molecule has 0 fully saturated rings. The van der Waals surface area contributed by atoms with Crippen LogP contribution in [0.15, 0.2) is 34.5 Å². The summed E-state index contributed by atoms with van der Waals surface area (Å²) in [5.41, 5.74) is 2.74. The van der Waals surface area contributed by atoms with Crippen molar-refractivity contribution in [3.05, 3.63) is 45.9 Å². The summed E-state index contributed by atoms with van der Waals surface area (Å²) in [5, 5.41) is 7.75. The molecule has 112 valence electrons. The lowest BCUT2D eigenvalue weighted by atomic mass is 10.0. The number of aryl methyl sites for hydroxylation is 1. The summed E-state index contributed by atoms with van der Waals surface area (Å²) in [4.78, 5) is 6.11. The summed E-state index contributed by atoms with van der Waals surface area (Å²) in [7, 11) is 0. The molecule has 0 radical (unpaired) electrons. The van der Waals surface area contributed by atoms with Gasteiger partial charge in [-0.05, 0) is 37.9 Å². The Bertz CT molecular complexity index is 569. The molecule has 0 bridgehead atoms. The summed E-state index contributed by atoms with van der Waals surface area (Å²) < 4.78 is 0. The monoisotopic (exact) mass is 318 g/mol. The zero-order chi connectivity index (χ0) is 14.7. The highest BCUT2D eigenvalue weighted by Crippen LogP contribution is 2.39. The molecule has 1 aromatic carbocycles. The summed E-state index contributed by atoms with van der Waals surface area (Å²) in [6.07, 6.45) is 3.39. The van der Waals surface area contributed by atoms with Gasteiger partial charge in [0.25, 0.3) is 0 Å². The summed E-state index contributed by atoms with van der Waals surface area (Å²) in [6.45, 7) is 5.40. The number of aromatic nitrogens is 1. The molecule has 2 unspecified atom stereocenters. The predicted molar refractivity (Wildman–Crippen MR) is 92.4 cm³/mol. The molecule has 21 heavy (non-hydrogen) atoms. The lowest BCUT2D eigenvalue weighted by Crippen LogP contribution is -2.40. The number of nitrogens with one attached hydrogen (secondary N) is 1. The van der Waals surface area contributed by atoms with Gasteiger partial charge in [0.15, 0.2) is 0 Å². The van der Waals surface area contributed by atoms with Crippen LogP contribution in [0.3, 0.4) is 0 Å². The summed E-state index contributed by atoms with van der Waals surface area (Å²) in [5.74, 6) is 0. The fourth-order valence-electron chi connectivity index (χ4n) is 2.83. The van der Waals surface area contributed by atoms with Crippen molar-refractivity contribution in [3.8, 4) is 0 Å². The van der Waals surface area contributed by atoms with Gasteiger partial charge in [-0.15, -0.1) is 23.1 Å². The highest BCUT2D eigenvalue weighted by molar-refractivity contribution is 8.00.